The van der Waals surface area contributed by atoms with Crippen LogP contribution in [0.1, 0.15) is 43.8 Å². The molecule has 3 rings (SSSR count). The second-order valence-electron chi connectivity index (χ2n) is 5.49. The number of carbonyl (C=O) groups is 1. The van der Waals surface area contributed by atoms with E-state index < -0.39 is 0 Å². The average Bonchev–Trinajstić information content (AvgIpc) is 3.19. The van der Waals surface area contributed by atoms with E-state index in [-0.39, 0.29) is 18.4 Å². The van der Waals surface area contributed by atoms with Crippen molar-refractivity contribution in [2.45, 2.75) is 45.1 Å². The monoisotopic (exact) mass is 305 g/mol. The zero-order chi connectivity index (χ0) is 15.4. The van der Waals surface area contributed by atoms with E-state index in [1.807, 2.05) is 4.90 Å². The van der Waals surface area contributed by atoms with Crippen molar-refractivity contribution >= 4 is 5.91 Å². The standard InChI is InChI=1S/C13H19N7O2/c1-2-4-11-15-13(22-16-11)10-5-3-6-19(7-10)12(21)8-20-9-14-17-18-20/h9-10H,2-8H2,1H3. The van der Waals surface area contributed by atoms with Gasteiger partial charge in [0, 0.05) is 19.5 Å². The molecular weight excluding hydrogens is 286 g/mol. The van der Waals surface area contributed by atoms with Crippen molar-refractivity contribution in [2.75, 3.05) is 13.1 Å². The highest BCUT2D eigenvalue weighted by atomic mass is 16.5. The number of piperidine rings is 1. The molecule has 1 amide bonds. The number of hydrogen-bond donors (Lipinski definition) is 0. The number of likely N-dealkylation sites (tertiary alicyclic amines) is 1. The first-order chi connectivity index (χ1) is 10.8. The van der Waals surface area contributed by atoms with Crippen LogP contribution in [-0.4, -0.2) is 54.2 Å². The van der Waals surface area contributed by atoms with Crippen molar-refractivity contribution < 1.29 is 9.32 Å². The molecule has 3 heterocycles. The van der Waals surface area contributed by atoms with Gasteiger partial charge in [0.05, 0.1) is 5.92 Å². The van der Waals surface area contributed by atoms with Gasteiger partial charge in [0.1, 0.15) is 12.9 Å². The fourth-order valence-electron chi connectivity index (χ4n) is 2.65. The lowest BCUT2D eigenvalue weighted by Crippen LogP contribution is -2.41. The maximum atomic E-state index is 12.3. The highest BCUT2D eigenvalue weighted by Crippen LogP contribution is 2.26. The van der Waals surface area contributed by atoms with Crippen LogP contribution in [0.5, 0.6) is 0 Å². The number of aryl methyl sites for hydroxylation is 1. The normalized spacial score (nSPS) is 18.6. The first-order valence-corrected chi connectivity index (χ1v) is 7.57. The van der Waals surface area contributed by atoms with E-state index in [2.05, 4.69) is 32.6 Å². The molecule has 0 radical (unpaired) electrons. The van der Waals surface area contributed by atoms with Gasteiger partial charge >= 0.3 is 0 Å². The van der Waals surface area contributed by atoms with Crippen LogP contribution in [0.25, 0.3) is 0 Å². The van der Waals surface area contributed by atoms with Crippen LogP contribution in [0.3, 0.4) is 0 Å². The molecule has 1 unspecified atom stereocenters. The Morgan fingerprint density at radius 2 is 2.41 bits per heavy atom. The largest absolute Gasteiger partial charge is 0.340 e. The first-order valence-electron chi connectivity index (χ1n) is 7.57. The SMILES string of the molecule is CCCc1noc(C2CCCN(C(=O)Cn3cnnn3)C2)n1. The summed E-state index contributed by atoms with van der Waals surface area (Å²) in [5.41, 5.74) is 0. The van der Waals surface area contributed by atoms with Crippen molar-refractivity contribution in [3.63, 3.8) is 0 Å². The Bertz CT molecular complexity index is 610. The quantitative estimate of drug-likeness (QED) is 0.788. The predicted octanol–water partition coefficient (Wildman–Crippen LogP) is 0.415. The Morgan fingerprint density at radius 3 is 3.18 bits per heavy atom. The highest BCUT2D eigenvalue weighted by molar-refractivity contribution is 5.76. The summed E-state index contributed by atoms with van der Waals surface area (Å²) in [5, 5.41) is 14.8. The van der Waals surface area contributed by atoms with Crippen LogP contribution >= 0.6 is 0 Å². The topological polar surface area (TPSA) is 103 Å². The molecule has 1 aliphatic heterocycles. The number of nitrogens with zero attached hydrogens (tertiary/aromatic N) is 7. The molecule has 118 valence electrons. The van der Waals surface area contributed by atoms with Crippen LogP contribution in [0.15, 0.2) is 10.9 Å². The van der Waals surface area contributed by atoms with E-state index in [4.69, 9.17) is 4.52 Å². The summed E-state index contributed by atoms with van der Waals surface area (Å²) in [6.07, 6.45) is 5.13. The first kappa shape index (κ1) is 14.6. The Balaban J connectivity index is 1.61. The van der Waals surface area contributed by atoms with E-state index >= 15 is 0 Å². The molecule has 0 aliphatic carbocycles. The molecule has 0 aromatic carbocycles. The van der Waals surface area contributed by atoms with E-state index in [0.29, 0.717) is 12.4 Å². The van der Waals surface area contributed by atoms with E-state index in [9.17, 15) is 4.79 Å². The predicted molar refractivity (Wildman–Crippen MR) is 74.7 cm³/mol. The van der Waals surface area contributed by atoms with Crippen molar-refractivity contribution in [3.8, 4) is 0 Å². The van der Waals surface area contributed by atoms with Crippen LogP contribution in [0.4, 0.5) is 0 Å². The summed E-state index contributed by atoms with van der Waals surface area (Å²) < 4.78 is 6.78. The maximum Gasteiger partial charge on any atom is 0.244 e. The fraction of sp³-hybridized carbons (Fsp3) is 0.692. The van der Waals surface area contributed by atoms with Gasteiger partial charge in [-0.3, -0.25) is 4.79 Å². The summed E-state index contributed by atoms with van der Waals surface area (Å²) in [7, 11) is 0. The Labute approximate surface area is 127 Å². The number of hydrogen-bond acceptors (Lipinski definition) is 7. The maximum absolute atomic E-state index is 12.3. The number of tetrazole rings is 1. The summed E-state index contributed by atoms with van der Waals surface area (Å²) in [6, 6.07) is 0. The van der Waals surface area contributed by atoms with Gasteiger partial charge in [-0.25, -0.2) is 4.68 Å². The molecule has 22 heavy (non-hydrogen) atoms. The van der Waals surface area contributed by atoms with Crippen LogP contribution in [-0.2, 0) is 17.8 Å². The minimum Gasteiger partial charge on any atom is -0.340 e. The minimum absolute atomic E-state index is 0.00490. The van der Waals surface area contributed by atoms with E-state index in [0.717, 1.165) is 38.1 Å². The van der Waals surface area contributed by atoms with E-state index in [1.165, 1.54) is 11.0 Å². The molecule has 9 nitrogen and oxygen atoms in total. The van der Waals surface area contributed by atoms with Crippen LogP contribution in [0.2, 0.25) is 0 Å². The van der Waals surface area contributed by atoms with E-state index in [1.54, 1.807) is 0 Å². The second kappa shape index (κ2) is 6.63. The molecule has 2 aromatic rings. The molecule has 1 atom stereocenters. The van der Waals surface area contributed by atoms with Gasteiger partial charge in [0.2, 0.25) is 11.8 Å². The van der Waals surface area contributed by atoms with Gasteiger partial charge in [0.25, 0.3) is 0 Å². The van der Waals surface area contributed by atoms with Gasteiger partial charge in [-0.2, -0.15) is 4.98 Å². The molecule has 9 heteroatoms. The van der Waals surface area contributed by atoms with Crippen molar-refractivity contribution in [3.05, 3.63) is 18.0 Å². The summed E-state index contributed by atoms with van der Waals surface area (Å²) in [4.78, 5) is 18.6. The molecule has 0 bridgehead atoms. The zero-order valence-electron chi connectivity index (χ0n) is 12.6. The van der Waals surface area contributed by atoms with Gasteiger partial charge < -0.3 is 9.42 Å². The number of aromatic nitrogens is 6. The number of amides is 1. The third-order valence-electron chi connectivity index (χ3n) is 3.77. The third kappa shape index (κ3) is 3.29. The minimum atomic E-state index is 0.00490. The summed E-state index contributed by atoms with van der Waals surface area (Å²) >= 11 is 0. The molecule has 0 N–H and O–H groups in total. The molecule has 0 spiro atoms. The lowest BCUT2D eigenvalue weighted by Gasteiger charge is -2.30. The Kier molecular flexibility index (Phi) is 4.40. The highest BCUT2D eigenvalue weighted by Gasteiger charge is 2.28. The number of carbonyl (C=O) groups excluding carboxylic acids is 1. The Hall–Kier alpha value is -2.32. The van der Waals surface area contributed by atoms with Gasteiger partial charge in [-0.05, 0) is 29.7 Å². The molecule has 1 fully saturated rings. The Morgan fingerprint density at radius 1 is 1.50 bits per heavy atom. The average molecular weight is 305 g/mol. The summed E-state index contributed by atoms with van der Waals surface area (Å²) in [6.45, 7) is 3.59. The molecular formula is C13H19N7O2. The van der Waals surface area contributed by atoms with Gasteiger partial charge in [-0.1, -0.05) is 12.1 Å². The van der Waals surface area contributed by atoms with Crippen molar-refractivity contribution in [1.82, 2.24) is 35.2 Å². The third-order valence-corrected chi connectivity index (χ3v) is 3.77. The van der Waals surface area contributed by atoms with Gasteiger partial charge in [0.15, 0.2) is 5.82 Å². The van der Waals surface area contributed by atoms with Crippen LogP contribution in [0, 0.1) is 0 Å². The summed E-state index contributed by atoms with van der Waals surface area (Å²) in [5.74, 6) is 1.51. The zero-order valence-corrected chi connectivity index (χ0v) is 12.6. The molecule has 2 aromatic heterocycles. The smallest absolute Gasteiger partial charge is 0.244 e. The molecule has 1 saturated heterocycles. The van der Waals surface area contributed by atoms with Crippen LogP contribution < -0.4 is 0 Å². The lowest BCUT2D eigenvalue weighted by molar-refractivity contribution is -0.133. The second-order valence-corrected chi connectivity index (χ2v) is 5.49. The van der Waals surface area contributed by atoms with Crippen molar-refractivity contribution in [2.24, 2.45) is 0 Å². The van der Waals surface area contributed by atoms with Crippen molar-refractivity contribution in [1.29, 1.82) is 0 Å². The van der Waals surface area contributed by atoms with Gasteiger partial charge in [-0.15, -0.1) is 5.10 Å². The lowest BCUT2D eigenvalue weighted by atomic mass is 9.98. The molecule has 0 saturated carbocycles. The number of rotatable bonds is 5. The fourth-order valence-corrected chi connectivity index (χ4v) is 2.65. The molecule has 1 aliphatic rings.